The molecule has 0 unspecified atom stereocenters. The maximum absolute atomic E-state index is 13.2. The van der Waals surface area contributed by atoms with E-state index in [1.54, 1.807) is 6.92 Å². The van der Waals surface area contributed by atoms with E-state index < -0.39 is 17.6 Å². The Morgan fingerprint density at radius 1 is 1.30 bits per heavy atom. The van der Waals surface area contributed by atoms with Gasteiger partial charge >= 0.3 is 6.18 Å². The van der Waals surface area contributed by atoms with Crippen LogP contribution in [-0.2, 0) is 6.18 Å². The Kier molecular flexibility index (Phi) is 3.37. The third-order valence-corrected chi connectivity index (χ3v) is 2.89. The maximum atomic E-state index is 13.2. The van der Waals surface area contributed by atoms with Crippen molar-refractivity contribution in [2.75, 3.05) is 0 Å². The monoisotopic (exact) mass is 286 g/mol. The van der Waals surface area contributed by atoms with Crippen LogP contribution in [0.5, 0.6) is 0 Å². The fourth-order valence-corrected chi connectivity index (χ4v) is 1.88. The minimum atomic E-state index is -4.79. The second kappa shape index (κ2) is 4.73. The fourth-order valence-electron chi connectivity index (χ4n) is 1.88. The minimum absolute atomic E-state index is 0.0451. The van der Waals surface area contributed by atoms with Crippen LogP contribution in [0.3, 0.4) is 0 Å². The van der Waals surface area contributed by atoms with Crippen molar-refractivity contribution in [2.45, 2.75) is 20.0 Å². The van der Waals surface area contributed by atoms with Crippen LogP contribution in [0.1, 0.15) is 28.5 Å². The molecule has 7 heteroatoms. The van der Waals surface area contributed by atoms with Crippen LogP contribution < -0.4 is 0 Å². The summed E-state index contributed by atoms with van der Waals surface area (Å²) in [4.78, 5) is 11.3. The molecule has 1 heterocycles. The lowest BCUT2D eigenvalue weighted by atomic mass is 10.1. The molecule has 0 aliphatic carbocycles. The Morgan fingerprint density at radius 2 is 1.95 bits per heavy atom. The van der Waals surface area contributed by atoms with Crippen LogP contribution in [0.4, 0.5) is 17.6 Å². The molecule has 0 fully saturated rings. The van der Waals surface area contributed by atoms with E-state index >= 15 is 0 Å². The number of hydrogen-bond donors (Lipinski definition) is 0. The van der Waals surface area contributed by atoms with Crippen LogP contribution in [0.2, 0.25) is 0 Å². The number of hydrogen-bond acceptors (Lipinski definition) is 2. The molecule has 0 saturated carbocycles. The number of ketones is 1. The zero-order chi connectivity index (χ0) is 15.1. The molecule has 0 N–H and O–H groups in total. The van der Waals surface area contributed by atoms with Crippen molar-refractivity contribution >= 4 is 5.78 Å². The predicted octanol–water partition coefficient (Wildman–Crippen LogP) is 3.54. The van der Waals surface area contributed by atoms with Gasteiger partial charge in [-0.15, -0.1) is 0 Å². The van der Waals surface area contributed by atoms with Crippen molar-refractivity contribution in [1.29, 1.82) is 0 Å². The van der Waals surface area contributed by atoms with Gasteiger partial charge in [-0.25, -0.2) is 9.07 Å². The van der Waals surface area contributed by atoms with Crippen molar-refractivity contribution < 1.29 is 22.4 Å². The number of nitrogens with zero attached hydrogens (tertiary/aromatic N) is 2. The molecule has 0 spiro atoms. The minimum Gasteiger partial charge on any atom is -0.294 e. The van der Waals surface area contributed by atoms with Crippen molar-refractivity contribution in [3.63, 3.8) is 0 Å². The average Bonchev–Trinajstić information content (AvgIpc) is 2.70. The van der Waals surface area contributed by atoms with Gasteiger partial charge in [-0.05, 0) is 32.0 Å². The fraction of sp³-hybridized carbons (Fsp3) is 0.231. The Balaban J connectivity index is 2.57. The largest absolute Gasteiger partial charge is 0.419 e. The van der Waals surface area contributed by atoms with E-state index in [2.05, 4.69) is 5.10 Å². The molecule has 106 valence electrons. The maximum Gasteiger partial charge on any atom is 0.419 e. The van der Waals surface area contributed by atoms with Crippen molar-refractivity contribution in [3.05, 3.63) is 47.0 Å². The van der Waals surface area contributed by atoms with Gasteiger partial charge in [-0.2, -0.15) is 18.3 Å². The molecule has 20 heavy (non-hydrogen) atoms. The lowest BCUT2D eigenvalue weighted by Crippen LogP contribution is -2.10. The molecule has 2 rings (SSSR count). The summed E-state index contributed by atoms with van der Waals surface area (Å²) in [6, 6.07) is 2.57. The highest BCUT2D eigenvalue weighted by Gasteiger charge is 2.34. The number of alkyl halides is 3. The van der Waals surface area contributed by atoms with Gasteiger partial charge in [0.25, 0.3) is 0 Å². The summed E-state index contributed by atoms with van der Waals surface area (Å²) in [5.74, 6) is -1.59. The van der Waals surface area contributed by atoms with Crippen LogP contribution in [-0.4, -0.2) is 15.6 Å². The molecule has 0 amide bonds. The number of halogens is 4. The van der Waals surface area contributed by atoms with Gasteiger partial charge in [0.2, 0.25) is 0 Å². The SMILES string of the molecule is CC(=O)c1cnn(-c2ccc(F)c(C(F)(F)F)c2)c1C. The highest BCUT2D eigenvalue weighted by molar-refractivity contribution is 5.95. The smallest absolute Gasteiger partial charge is 0.294 e. The molecule has 0 radical (unpaired) electrons. The van der Waals surface area contributed by atoms with Gasteiger partial charge < -0.3 is 0 Å². The van der Waals surface area contributed by atoms with Crippen molar-refractivity contribution in [1.82, 2.24) is 9.78 Å². The first-order valence-electron chi connectivity index (χ1n) is 5.64. The summed E-state index contributed by atoms with van der Waals surface area (Å²) >= 11 is 0. The normalized spacial score (nSPS) is 11.7. The van der Waals surface area contributed by atoms with E-state index in [1.807, 2.05) is 0 Å². The highest BCUT2D eigenvalue weighted by Crippen LogP contribution is 2.32. The lowest BCUT2D eigenvalue weighted by molar-refractivity contribution is -0.140. The van der Waals surface area contributed by atoms with E-state index in [1.165, 1.54) is 23.9 Å². The molecular weight excluding hydrogens is 276 g/mol. The van der Waals surface area contributed by atoms with Crippen LogP contribution in [0.25, 0.3) is 5.69 Å². The molecular formula is C13H10F4N2O. The van der Waals surface area contributed by atoms with Gasteiger partial charge in [0.1, 0.15) is 5.82 Å². The summed E-state index contributed by atoms with van der Waals surface area (Å²) in [5.41, 5.74) is -0.613. The Morgan fingerprint density at radius 3 is 2.45 bits per heavy atom. The van der Waals surface area contributed by atoms with Crippen LogP contribution in [0.15, 0.2) is 24.4 Å². The van der Waals surface area contributed by atoms with E-state index in [0.29, 0.717) is 17.3 Å². The summed E-state index contributed by atoms with van der Waals surface area (Å²) in [5, 5.41) is 3.87. The van der Waals surface area contributed by atoms with Gasteiger partial charge in [0.15, 0.2) is 5.78 Å². The molecule has 2 aromatic rings. The first-order valence-corrected chi connectivity index (χ1v) is 5.64. The molecule has 0 aliphatic rings. The summed E-state index contributed by atoms with van der Waals surface area (Å²) in [7, 11) is 0. The van der Waals surface area contributed by atoms with Crippen molar-refractivity contribution in [2.24, 2.45) is 0 Å². The molecule has 1 aromatic carbocycles. The average molecular weight is 286 g/mol. The van der Waals surface area contributed by atoms with Gasteiger partial charge in [-0.3, -0.25) is 4.79 Å². The van der Waals surface area contributed by atoms with E-state index in [0.717, 1.165) is 6.07 Å². The number of carbonyl (C=O) groups excluding carboxylic acids is 1. The van der Waals surface area contributed by atoms with Crippen LogP contribution >= 0.6 is 0 Å². The number of benzene rings is 1. The Bertz CT molecular complexity index is 673. The number of aromatic nitrogens is 2. The van der Waals surface area contributed by atoms with E-state index in [9.17, 15) is 22.4 Å². The topological polar surface area (TPSA) is 34.9 Å². The first-order chi connectivity index (χ1) is 9.21. The Labute approximate surface area is 111 Å². The Hall–Kier alpha value is -2.18. The molecule has 3 nitrogen and oxygen atoms in total. The first kappa shape index (κ1) is 14.2. The van der Waals surface area contributed by atoms with Gasteiger partial charge in [0.05, 0.1) is 28.7 Å². The van der Waals surface area contributed by atoms with Crippen LogP contribution in [0, 0.1) is 12.7 Å². The number of carbonyl (C=O) groups is 1. The third-order valence-electron chi connectivity index (χ3n) is 2.89. The van der Waals surface area contributed by atoms with Gasteiger partial charge in [-0.1, -0.05) is 0 Å². The predicted molar refractivity (Wildman–Crippen MR) is 63.3 cm³/mol. The van der Waals surface area contributed by atoms with Gasteiger partial charge in [0, 0.05) is 0 Å². The summed E-state index contributed by atoms with van der Waals surface area (Å²) < 4.78 is 52.3. The summed E-state index contributed by atoms with van der Waals surface area (Å²) in [6.45, 7) is 2.89. The standard InChI is InChI=1S/C13H10F4N2O/c1-7-10(8(2)20)6-18-19(7)9-3-4-12(14)11(5-9)13(15,16)17/h3-6H,1-2H3. The zero-order valence-electron chi connectivity index (χ0n) is 10.6. The molecule has 1 aromatic heterocycles. The third kappa shape index (κ3) is 2.43. The van der Waals surface area contributed by atoms with E-state index in [-0.39, 0.29) is 11.5 Å². The number of Topliss-reactive ketones (excluding diaryl/α,β-unsaturated/α-hetero) is 1. The molecule has 0 aliphatic heterocycles. The van der Waals surface area contributed by atoms with E-state index in [4.69, 9.17) is 0 Å². The quantitative estimate of drug-likeness (QED) is 0.625. The number of rotatable bonds is 2. The molecule has 0 saturated heterocycles. The second-order valence-corrected chi connectivity index (χ2v) is 4.27. The second-order valence-electron chi connectivity index (χ2n) is 4.27. The lowest BCUT2D eigenvalue weighted by Gasteiger charge is -2.11. The summed E-state index contributed by atoms with van der Waals surface area (Å²) in [6.07, 6.45) is -3.52. The highest BCUT2D eigenvalue weighted by atomic mass is 19.4. The van der Waals surface area contributed by atoms with Crippen molar-refractivity contribution in [3.8, 4) is 5.69 Å². The molecule has 0 bridgehead atoms. The molecule has 0 atom stereocenters. The zero-order valence-corrected chi connectivity index (χ0v) is 10.6.